The first-order valence-corrected chi connectivity index (χ1v) is 10.1. The van der Waals surface area contributed by atoms with E-state index in [0.717, 1.165) is 19.3 Å². The Morgan fingerprint density at radius 1 is 1.27 bits per heavy atom. The van der Waals surface area contributed by atoms with Crippen molar-refractivity contribution in [2.45, 2.75) is 38.3 Å². The lowest BCUT2D eigenvalue weighted by Gasteiger charge is -2.27. The summed E-state index contributed by atoms with van der Waals surface area (Å²) in [5.41, 5.74) is 3.11. The number of hydrogen-bond acceptors (Lipinski definition) is 6. The number of nitrogens with one attached hydrogen (secondary N) is 1. The molecule has 0 aromatic heterocycles. The van der Waals surface area contributed by atoms with Gasteiger partial charge in [-0.15, -0.1) is 12.4 Å². The average molecular weight is 456 g/mol. The van der Waals surface area contributed by atoms with Gasteiger partial charge in [-0.05, 0) is 67.1 Å². The Bertz CT molecular complexity index is 861. The van der Waals surface area contributed by atoms with Crippen molar-refractivity contribution >= 4 is 30.0 Å². The van der Waals surface area contributed by atoms with Crippen molar-refractivity contribution in [1.82, 2.24) is 5.32 Å². The molecule has 30 heavy (non-hydrogen) atoms. The molecule has 0 saturated carbocycles. The fraction of sp³-hybridized carbons (Fsp3) is 0.409. The van der Waals surface area contributed by atoms with Crippen LogP contribution in [0.25, 0.3) is 0 Å². The molecule has 1 unspecified atom stereocenters. The van der Waals surface area contributed by atoms with Crippen LogP contribution in [-0.2, 0) is 22.4 Å². The summed E-state index contributed by atoms with van der Waals surface area (Å²) in [5.74, 6) is 0.268. The maximum atomic E-state index is 11.5. The van der Waals surface area contributed by atoms with Gasteiger partial charge in [0.25, 0.3) is 0 Å². The van der Waals surface area contributed by atoms with Gasteiger partial charge in [-0.1, -0.05) is 23.7 Å². The highest BCUT2D eigenvalue weighted by Crippen LogP contribution is 2.28. The third-order valence-corrected chi connectivity index (χ3v) is 5.33. The van der Waals surface area contributed by atoms with Gasteiger partial charge in [-0.3, -0.25) is 0 Å². The zero-order valence-electron chi connectivity index (χ0n) is 16.8. The van der Waals surface area contributed by atoms with Crippen LogP contribution >= 0.6 is 24.0 Å². The quantitative estimate of drug-likeness (QED) is 0.527. The molecule has 0 bridgehead atoms. The molecule has 0 radical (unpaired) electrons. The van der Waals surface area contributed by atoms with Crippen molar-refractivity contribution in [1.29, 1.82) is 0 Å². The van der Waals surface area contributed by atoms with Crippen molar-refractivity contribution in [2.24, 2.45) is 0 Å². The van der Waals surface area contributed by atoms with Crippen LogP contribution in [0.15, 0.2) is 36.4 Å². The fourth-order valence-electron chi connectivity index (χ4n) is 3.47. The molecule has 0 saturated heterocycles. The SMILES string of the molecule is CCOC(=O)COc1ccc2c(c1)CC(NC[C@@H](O)c1ccc(O)c(Cl)c1)CC2.Cl. The molecule has 0 heterocycles. The minimum Gasteiger partial charge on any atom is -0.506 e. The van der Waals surface area contributed by atoms with Gasteiger partial charge in [0.1, 0.15) is 11.5 Å². The summed E-state index contributed by atoms with van der Waals surface area (Å²) in [6.07, 6.45) is 2.01. The zero-order chi connectivity index (χ0) is 20.8. The second-order valence-corrected chi connectivity index (χ2v) is 7.51. The predicted octanol–water partition coefficient (Wildman–Crippen LogP) is 3.59. The minimum atomic E-state index is -0.714. The molecule has 2 aromatic rings. The number of benzene rings is 2. The van der Waals surface area contributed by atoms with Gasteiger partial charge in [0.15, 0.2) is 6.61 Å². The van der Waals surface area contributed by atoms with E-state index in [2.05, 4.69) is 5.32 Å². The summed E-state index contributed by atoms with van der Waals surface area (Å²) < 4.78 is 10.4. The molecule has 3 rings (SSSR count). The number of carbonyl (C=O) groups excluding carboxylic acids is 1. The highest BCUT2D eigenvalue weighted by Gasteiger charge is 2.20. The van der Waals surface area contributed by atoms with Crippen LogP contribution in [-0.4, -0.2) is 42.0 Å². The number of rotatable bonds is 8. The van der Waals surface area contributed by atoms with E-state index in [1.54, 1.807) is 19.1 Å². The number of aryl methyl sites for hydroxylation is 1. The second kappa shape index (κ2) is 11.4. The Balaban J connectivity index is 0.00000320. The number of phenols is 1. The number of aliphatic hydroxyl groups is 1. The molecule has 1 aliphatic rings. The summed E-state index contributed by atoms with van der Waals surface area (Å²) in [4.78, 5) is 11.5. The topological polar surface area (TPSA) is 88.0 Å². The largest absolute Gasteiger partial charge is 0.506 e. The van der Waals surface area contributed by atoms with Gasteiger partial charge in [-0.2, -0.15) is 0 Å². The summed E-state index contributed by atoms with van der Waals surface area (Å²) in [6.45, 7) is 2.38. The number of aliphatic hydroxyl groups excluding tert-OH is 1. The number of fused-ring (bicyclic) bond motifs is 1. The first kappa shape index (κ1) is 24.3. The molecule has 0 spiro atoms. The third-order valence-electron chi connectivity index (χ3n) is 5.02. The van der Waals surface area contributed by atoms with E-state index < -0.39 is 6.10 Å². The van der Waals surface area contributed by atoms with E-state index in [0.29, 0.717) is 24.5 Å². The Kier molecular flexibility index (Phi) is 9.24. The molecule has 164 valence electrons. The minimum absolute atomic E-state index is 0. The van der Waals surface area contributed by atoms with E-state index in [4.69, 9.17) is 21.1 Å². The summed E-state index contributed by atoms with van der Waals surface area (Å²) in [5, 5.41) is 23.5. The van der Waals surface area contributed by atoms with Gasteiger partial charge >= 0.3 is 5.97 Å². The highest BCUT2D eigenvalue weighted by molar-refractivity contribution is 6.32. The molecule has 8 heteroatoms. The Labute approximate surface area is 187 Å². The van der Waals surface area contributed by atoms with Crippen LogP contribution in [0.4, 0.5) is 0 Å². The third kappa shape index (κ3) is 6.51. The average Bonchev–Trinajstić information content (AvgIpc) is 2.72. The molecular weight excluding hydrogens is 429 g/mol. The Morgan fingerprint density at radius 3 is 2.80 bits per heavy atom. The summed E-state index contributed by atoms with van der Waals surface area (Å²) >= 11 is 5.92. The van der Waals surface area contributed by atoms with Crippen LogP contribution in [0.3, 0.4) is 0 Å². The van der Waals surface area contributed by atoms with Gasteiger partial charge in [-0.25, -0.2) is 4.79 Å². The lowest BCUT2D eigenvalue weighted by molar-refractivity contribution is -0.145. The van der Waals surface area contributed by atoms with Crippen LogP contribution in [0.5, 0.6) is 11.5 Å². The van der Waals surface area contributed by atoms with E-state index in [1.807, 2.05) is 18.2 Å². The van der Waals surface area contributed by atoms with E-state index in [-0.39, 0.29) is 41.8 Å². The van der Waals surface area contributed by atoms with Gasteiger partial charge in [0, 0.05) is 12.6 Å². The van der Waals surface area contributed by atoms with E-state index in [1.165, 1.54) is 17.2 Å². The Morgan fingerprint density at radius 2 is 2.07 bits per heavy atom. The number of ether oxygens (including phenoxy) is 2. The summed E-state index contributed by atoms with van der Waals surface area (Å²) in [7, 11) is 0. The van der Waals surface area contributed by atoms with E-state index >= 15 is 0 Å². The maximum Gasteiger partial charge on any atom is 0.344 e. The van der Waals surface area contributed by atoms with Crippen LogP contribution in [0, 0.1) is 0 Å². The van der Waals surface area contributed by atoms with Crippen molar-refractivity contribution in [3.8, 4) is 11.5 Å². The number of esters is 1. The first-order valence-electron chi connectivity index (χ1n) is 9.76. The molecule has 2 aromatic carbocycles. The molecule has 0 fully saturated rings. The molecule has 1 aliphatic carbocycles. The number of carbonyl (C=O) groups is 1. The van der Waals surface area contributed by atoms with Crippen molar-refractivity contribution in [3.63, 3.8) is 0 Å². The van der Waals surface area contributed by atoms with Crippen molar-refractivity contribution < 1.29 is 24.5 Å². The van der Waals surface area contributed by atoms with Crippen LogP contribution in [0.1, 0.15) is 36.1 Å². The van der Waals surface area contributed by atoms with Crippen LogP contribution < -0.4 is 10.1 Å². The van der Waals surface area contributed by atoms with Crippen molar-refractivity contribution in [3.05, 3.63) is 58.1 Å². The molecule has 0 amide bonds. The van der Waals surface area contributed by atoms with Gasteiger partial charge in [0.2, 0.25) is 0 Å². The lowest BCUT2D eigenvalue weighted by atomic mass is 9.88. The summed E-state index contributed by atoms with van der Waals surface area (Å²) in [6, 6.07) is 10.8. The van der Waals surface area contributed by atoms with Gasteiger partial charge in [0.05, 0.1) is 17.7 Å². The lowest BCUT2D eigenvalue weighted by Crippen LogP contribution is -2.37. The smallest absolute Gasteiger partial charge is 0.344 e. The zero-order valence-corrected chi connectivity index (χ0v) is 18.3. The highest BCUT2D eigenvalue weighted by atomic mass is 35.5. The fourth-order valence-corrected chi connectivity index (χ4v) is 3.66. The Hall–Kier alpha value is -1.99. The standard InChI is InChI=1S/C22H26ClNO5.ClH/c1-2-28-22(27)13-29-18-7-4-14-3-6-17(9-16(14)10-18)24-12-21(26)15-5-8-20(25)19(23)11-15;/h4-5,7-8,10-11,17,21,24-26H,2-3,6,9,12-13H2,1H3;1H/t17?,21-;/m1./s1. The molecule has 2 atom stereocenters. The second-order valence-electron chi connectivity index (χ2n) is 7.10. The van der Waals surface area contributed by atoms with Crippen LogP contribution in [0.2, 0.25) is 5.02 Å². The van der Waals surface area contributed by atoms with E-state index in [9.17, 15) is 15.0 Å². The molecule has 6 nitrogen and oxygen atoms in total. The molecule has 0 aliphatic heterocycles. The number of phenolic OH excluding ortho intramolecular Hbond substituents is 1. The maximum absolute atomic E-state index is 11.5. The van der Waals surface area contributed by atoms with Gasteiger partial charge < -0.3 is 25.0 Å². The van der Waals surface area contributed by atoms with Crippen molar-refractivity contribution in [2.75, 3.05) is 19.8 Å². The normalized spacial score (nSPS) is 16.2. The monoisotopic (exact) mass is 455 g/mol. The first-order chi connectivity index (χ1) is 14.0. The number of halogens is 2. The number of aromatic hydroxyl groups is 1. The number of hydrogen-bond donors (Lipinski definition) is 3. The predicted molar refractivity (Wildman–Crippen MR) is 118 cm³/mol. The molecule has 3 N–H and O–H groups in total. The molecular formula is C22H27Cl2NO5.